The molecule has 3 heterocycles. The van der Waals surface area contributed by atoms with Gasteiger partial charge in [-0.05, 0) is 85.3 Å². The number of rotatable bonds is 30. The molecule has 9 rings (SSSR count). The van der Waals surface area contributed by atoms with Crippen molar-refractivity contribution in [1.29, 1.82) is 0 Å². The molecule has 2 atom stereocenters. The molecule has 7 N–H and O–H groups in total. The predicted octanol–water partition coefficient (Wildman–Crippen LogP) is 7.49. The maximum Gasteiger partial charge on any atom is 0.312 e. The number of likely N-dealkylation sites (tertiary alicyclic amines) is 1. The summed E-state index contributed by atoms with van der Waals surface area (Å²) >= 11 is 0. The first-order valence-corrected chi connectivity index (χ1v) is 29.3. The number of pyridine rings is 1. The lowest BCUT2D eigenvalue weighted by molar-refractivity contribution is -0.668. The van der Waals surface area contributed by atoms with Crippen LogP contribution >= 0.6 is 0 Å². The van der Waals surface area contributed by atoms with Crippen molar-refractivity contribution in [1.82, 2.24) is 24.9 Å². The number of fused-ring (bicyclic) bond motifs is 1. The Morgan fingerprint density at radius 3 is 2.05 bits per heavy atom. The lowest BCUT2D eigenvalue weighted by Gasteiger charge is -2.24. The number of urea groups is 1. The highest BCUT2D eigenvalue weighted by molar-refractivity contribution is 6.25. The number of carbonyl (C=O) groups is 7. The fourth-order valence-corrected chi connectivity index (χ4v) is 11.1. The molecule has 7 aromatic rings. The number of nitrogens with zero attached hydrogens (tertiary/aromatic N) is 4. The molecule has 1 aliphatic carbocycles. The Bertz CT molecular complexity index is 3810. The van der Waals surface area contributed by atoms with E-state index in [4.69, 9.17) is 25.7 Å². The number of ether oxygens (including phenoxy) is 3. The third-order valence-corrected chi connectivity index (χ3v) is 15.8. The van der Waals surface area contributed by atoms with Gasteiger partial charge in [0.1, 0.15) is 5.56 Å². The summed E-state index contributed by atoms with van der Waals surface area (Å²) < 4.78 is 22.0. The van der Waals surface area contributed by atoms with Gasteiger partial charge in [0.2, 0.25) is 23.1 Å². The quantitative estimate of drug-likeness (QED) is 0.00732. The monoisotopic (exact) mass is 1200 g/mol. The van der Waals surface area contributed by atoms with Crippen molar-refractivity contribution < 1.29 is 52.3 Å². The molecule has 0 unspecified atom stereocenters. The number of para-hydroxylation sites is 1. The Hall–Kier alpha value is -9.37. The first-order chi connectivity index (χ1) is 41.9. The summed E-state index contributed by atoms with van der Waals surface area (Å²) in [5, 5.41) is 9.29. The van der Waals surface area contributed by atoms with Crippen LogP contribution in [0.2, 0.25) is 0 Å². The number of carbonyl (C=O) groups excluding carboxylic acids is 7. The molecule has 2 aromatic heterocycles. The Labute approximate surface area is 511 Å². The smallest absolute Gasteiger partial charge is 0.312 e. The summed E-state index contributed by atoms with van der Waals surface area (Å²) in [6.45, 7) is 9.82. The first-order valence-electron chi connectivity index (χ1n) is 29.3. The molecule has 5 aromatic carbocycles. The van der Waals surface area contributed by atoms with Gasteiger partial charge in [-0.2, -0.15) is 4.57 Å². The number of piperidine rings is 1. The van der Waals surface area contributed by atoms with Crippen molar-refractivity contribution in [2.24, 2.45) is 24.6 Å². The fraction of sp³-hybridized carbons (Fsp3) is 0.324. The summed E-state index contributed by atoms with van der Waals surface area (Å²) in [6.07, 6.45) is 0.957. The number of aromatic nitrogens is 3. The largest absolute Gasteiger partial charge is 0.398 e. The van der Waals surface area contributed by atoms with Gasteiger partial charge < -0.3 is 49.1 Å². The Morgan fingerprint density at radius 2 is 1.39 bits per heavy atom. The Balaban J connectivity index is 0.0000100. The van der Waals surface area contributed by atoms with Gasteiger partial charge in [0.05, 0.1) is 69.3 Å². The van der Waals surface area contributed by atoms with Crippen LogP contribution < -0.4 is 37.5 Å². The summed E-state index contributed by atoms with van der Waals surface area (Å²) in [4.78, 5) is 107. The van der Waals surface area contributed by atoms with E-state index in [0.29, 0.717) is 58.7 Å². The number of primary amides is 1. The highest BCUT2D eigenvalue weighted by Gasteiger charge is 2.47. The van der Waals surface area contributed by atoms with Gasteiger partial charge in [-0.3, -0.25) is 43.1 Å². The number of anilines is 2. The van der Waals surface area contributed by atoms with Crippen LogP contribution in [0.1, 0.15) is 78.7 Å². The van der Waals surface area contributed by atoms with Crippen LogP contribution in [-0.4, -0.2) is 114 Å². The van der Waals surface area contributed by atoms with E-state index < -0.39 is 29.3 Å². The highest BCUT2D eigenvalue weighted by atomic mass is 16.5. The van der Waals surface area contributed by atoms with Gasteiger partial charge in [-0.15, -0.1) is 0 Å². The molecule has 0 saturated heterocycles. The number of aryl methyl sites for hydroxylation is 2. The number of nitrogens with one attached hydrogen (secondary N) is 3. The number of hydrogen-bond acceptors (Lipinski definition) is 12. The van der Waals surface area contributed by atoms with Crippen LogP contribution in [0, 0.1) is 33.1 Å². The predicted molar refractivity (Wildman–Crippen MR) is 336 cm³/mol. The van der Waals surface area contributed by atoms with Crippen LogP contribution in [0.25, 0.3) is 39.0 Å². The standard InChI is InChI=1S/C67H73N9O11.CH3/c1-41(2)60(72-56(78)28-31-85-33-35-87-36-34-86-32-30-74-64(81)52-39-53(52)65(74)82)55(77)38-48(15-12-29-70-67(69)84)63(80)71-49-24-20-44(21-25-49)40-75-43(4)19-22-46-37-47(23-27-54(46)75)57-42(3)18-26-51(59(57)68)62(79)58-61(45-13-8-6-9-14-45)73(5)76(66(58)83)50-16-10-7-11-17-50;/h6-11,13-14,16-27,37,41,48,60H,12,15,28-36,38-40H2,1-5H3,(H6-,68,69,70,71,72,78,79,80,84);1H3/q;-1/p+1/t48-,60+;/m1./s1. The molecule has 1 aliphatic heterocycles. The van der Waals surface area contributed by atoms with Crippen molar-refractivity contribution in [3.8, 4) is 28.1 Å². The third-order valence-electron chi connectivity index (χ3n) is 15.8. The van der Waals surface area contributed by atoms with E-state index in [1.807, 2.05) is 149 Å². The molecule has 0 spiro atoms. The average Bonchev–Trinajstić information content (AvgIpc) is 1.69. The SMILES string of the molecule is Cc1ccc(C(=O)c2c(-c3ccccc3)n(C)n(-c3ccccc3)c2=O)c(N)c1-c1ccc2c(ccc(C)[n+]2Cc2ccc(NC(=O)[C@H](CCCNC(N)=O)CC(=O)[C@@H](NC(=O)CCOCCOCCOCCN3C(=O)C4=C(C4)C3=O)C(C)C)cc2)c1.[CH3-]. The van der Waals surface area contributed by atoms with Crippen LogP contribution in [0.4, 0.5) is 16.2 Å². The molecule has 0 fully saturated rings. The summed E-state index contributed by atoms with van der Waals surface area (Å²) in [5.74, 6) is -3.10. The number of hydrogen-bond donors (Lipinski definition) is 5. The van der Waals surface area contributed by atoms with Crippen molar-refractivity contribution >= 4 is 63.5 Å². The van der Waals surface area contributed by atoms with Crippen LogP contribution in [0.15, 0.2) is 143 Å². The van der Waals surface area contributed by atoms with E-state index >= 15 is 0 Å². The minimum absolute atomic E-state index is 0. The van der Waals surface area contributed by atoms with E-state index in [0.717, 1.165) is 33.3 Å². The van der Waals surface area contributed by atoms with Crippen molar-refractivity contribution in [3.05, 3.63) is 184 Å². The zero-order chi connectivity index (χ0) is 61.9. The number of nitrogen functional groups attached to an aromatic ring is 1. The fourth-order valence-electron chi connectivity index (χ4n) is 11.1. The van der Waals surface area contributed by atoms with Crippen molar-refractivity contribution in [2.75, 3.05) is 63.8 Å². The molecule has 0 saturated carbocycles. The second-order valence-electron chi connectivity index (χ2n) is 22.2. The van der Waals surface area contributed by atoms with Gasteiger partial charge in [0.25, 0.3) is 17.4 Å². The lowest BCUT2D eigenvalue weighted by Crippen LogP contribution is -2.45. The molecule has 20 heteroatoms. The van der Waals surface area contributed by atoms with Gasteiger partial charge in [0, 0.05) is 102 Å². The normalized spacial score (nSPS) is 13.3. The first kappa shape index (κ1) is 64.6. The minimum Gasteiger partial charge on any atom is -0.398 e. The number of amides is 6. The van der Waals surface area contributed by atoms with Crippen LogP contribution in [0.5, 0.6) is 0 Å². The molecule has 20 nitrogen and oxygen atoms in total. The number of ketones is 2. The summed E-state index contributed by atoms with van der Waals surface area (Å²) in [5.41, 5.74) is 21.2. The van der Waals surface area contributed by atoms with Gasteiger partial charge in [0.15, 0.2) is 18.0 Å². The molecule has 0 bridgehead atoms. The Morgan fingerprint density at radius 1 is 0.739 bits per heavy atom. The highest BCUT2D eigenvalue weighted by Crippen LogP contribution is 2.40. The molecule has 2 aliphatic rings. The molecular formula is C68H77N9O11. The molecule has 6 amide bonds. The molecule has 460 valence electrons. The zero-order valence-corrected chi connectivity index (χ0v) is 50.7. The lowest BCUT2D eigenvalue weighted by atomic mass is 9.89. The maximum absolute atomic E-state index is 14.8. The zero-order valence-electron chi connectivity index (χ0n) is 50.7. The van der Waals surface area contributed by atoms with E-state index in [2.05, 4.69) is 20.5 Å². The number of Topliss-reactive ketones (excluding diaryl/α,β-unsaturated/α-hetero) is 1. The Kier molecular flexibility index (Phi) is 21.6. The molecular weight excluding hydrogens is 1120 g/mol. The molecule has 88 heavy (non-hydrogen) atoms. The summed E-state index contributed by atoms with van der Waals surface area (Å²) in [6, 6.07) is 38.2. The second-order valence-corrected chi connectivity index (χ2v) is 22.2. The number of imide groups is 1. The third kappa shape index (κ3) is 15.1. The van der Waals surface area contributed by atoms with Crippen molar-refractivity contribution in [3.63, 3.8) is 0 Å². The average molecular weight is 1200 g/mol. The van der Waals surface area contributed by atoms with Crippen LogP contribution in [0.3, 0.4) is 0 Å². The number of benzene rings is 5. The maximum atomic E-state index is 14.8. The molecule has 0 radical (unpaired) electrons. The van der Waals surface area contributed by atoms with Gasteiger partial charge in [-0.25, -0.2) is 9.48 Å². The number of nitrogens with two attached hydrogens (primary N) is 2. The topological polar surface area (TPSA) is 269 Å². The van der Waals surface area contributed by atoms with Crippen LogP contribution in [-0.2, 0) is 51.8 Å². The minimum atomic E-state index is -0.868. The van der Waals surface area contributed by atoms with E-state index in [1.54, 1.807) is 17.8 Å². The summed E-state index contributed by atoms with van der Waals surface area (Å²) in [7, 11) is 1.77. The van der Waals surface area contributed by atoms with E-state index in [9.17, 15) is 38.4 Å². The van der Waals surface area contributed by atoms with E-state index in [1.165, 1.54) is 9.58 Å². The van der Waals surface area contributed by atoms with Crippen molar-refractivity contribution in [2.45, 2.75) is 72.4 Å². The second kappa shape index (κ2) is 29.3. The van der Waals surface area contributed by atoms with E-state index in [-0.39, 0.29) is 132 Å². The van der Waals surface area contributed by atoms with Gasteiger partial charge >= 0.3 is 6.03 Å². The van der Waals surface area contributed by atoms with Gasteiger partial charge in [-0.1, -0.05) is 80.6 Å².